The van der Waals surface area contributed by atoms with Crippen LogP contribution in [0.3, 0.4) is 0 Å². The van der Waals surface area contributed by atoms with Crippen LogP contribution in [0.15, 0.2) is 48.6 Å². The topological polar surface area (TPSA) is 64.4 Å². The largest absolute Gasteiger partial charge is 0.495 e. The fourth-order valence-electron chi connectivity index (χ4n) is 4.02. The SMILES string of the molecule is COc1ccc([N+](=O)[O-])c2c1N[C@H](c1cccc(F)c1)[C@@H]1CC=C[C@@H]21. The van der Waals surface area contributed by atoms with Crippen LogP contribution in [0.4, 0.5) is 15.8 Å². The minimum atomic E-state index is -0.355. The van der Waals surface area contributed by atoms with E-state index in [0.717, 1.165) is 12.0 Å². The summed E-state index contributed by atoms with van der Waals surface area (Å²) in [6, 6.07) is 9.45. The summed E-state index contributed by atoms with van der Waals surface area (Å²) in [6.07, 6.45) is 4.84. The molecule has 25 heavy (non-hydrogen) atoms. The molecule has 1 aliphatic carbocycles. The van der Waals surface area contributed by atoms with E-state index in [2.05, 4.69) is 5.32 Å². The van der Waals surface area contributed by atoms with Gasteiger partial charge in [-0.1, -0.05) is 24.3 Å². The molecule has 2 aromatic carbocycles. The van der Waals surface area contributed by atoms with Crippen LogP contribution in [0.5, 0.6) is 5.75 Å². The van der Waals surface area contributed by atoms with Crippen LogP contribution < -0.4 is 10.1 Å². The maximum absolute atomic E-state index is 13.7. The molecule has 1 aliphatic heterocycles. The van der Waals surface area contributed by atoms with Crippen LogP contribution in [0.1, 0.15) is 29.5 Å². The highest BCUT2D eigenvalue weighted by molar-refractivity contribution is 5.73. The van der Waals surface area contributed by atoms with Crippen LogP contribution in [-0.2, 0) is 0 Å². The Morgan fingerprint density at radius 2 is 2.16 bits per heavy atom. The van der Waals surface area contributed by atoms with Crippen LogP contribution in [0.25, 0.3) is 0 Å². The molecule has 0 aromatic heterocycles. The lowest BCUT2D eigenvalue weighted by Gasteiger charge is -2.37. The van der Waals surface area contributed by atoms with Gasteiger partial charge in [-0.15, -0.1) is 0 Å². The third kappa shape index (κ3) is 2.45. The van der Waals surface area contributed by atoms with Gasteiger partial charge in [-0.25, -0.2) is 4.39 Å². The molecule has 0 radical (unpaired) electrons. The lowest BCUT2D eigenvalue weighted by atomic mass is 9.76. The number of nitrogens with zero attached hydrogens (tertiary/aromatic N) is 1. The number of anilines is 1. The molecule has 0 unspecified atom stereocenters. The second kappa shape index (κ2) is 5.88. The monoisotopic (exact) mass is 340 g/mol. The van der Waals surface area contributed by atoms with Crippen molar-refractivity contribution in [1.82, 2.24) is 0 Å². The molecule has 1 N–H and O–H groups in total. The average Bonchev–Trinajstić information content (AvgIpc) is 3.09. The number of benzene rings is 2. The molecule has 3 atom stereocenters. The number of hydrogen-bond acceptors (Lipinski definition) is 4. The standard InChI is InChI=1S/C19H17FN2O3/c1-25-16-9-8-15(22(23)24)17-13-6-3-7-14(13)18(21-19(16)17)11-4-2-5-12(20)10-11/h2-6,8-10,13-14,18,21H,7H2,1H3/t13-,14-,18-/m1/s1. The molecule has 0 saturated carbocycles. The average molecular weight is 340 g/mol. The first kappa shape index (κ1) is 15.6. The number of halogens is 1. The normalized spacial score (nSPS) is 23.5. The third-order valence-electron chi connectivity index (χ3n) is 5.08. The Balaban J connectivity index is 1.89. The van der Waals surface area contributed by atoms with Gasteiger partial charge >= 0.3 is 0 Å². The molecule has 4 rings (SSSR count). The predicted octanol–water partition coefficient (Wildman–Crippen LogP) is 4.57. The second-order valence-corrected chi connectivity index (χ2v) is 6.36. The van der Waals surface area contributed by atoms with E-state index in [0.29, 0.717) is 17.0 Å². The fourth-order valence-corrected chi connectivity index (χ4v) is 4.02. The minimum absolute atomic E-state index is 0.0857. The molecule has 0 bridgehead atoms. The van der Waals surface area contributed by atoms with E-state index >= 15 is 0 Å². The molecule has 0 saturated heterocycles. The summed E-state index contributed by atoms with van der Waals surface area (Å²) in [6.45, 7) is 0. The van der Waals surface area contributed by atoms with Crippen molar-refractivity contribution in [2.45, 2.75) is 18.4 Å². The van der Waals surface area contributed by atoms with Crippen molar-refractivity contribution < 1.29 is 14.1 Å². The number of fused-ring (bicyclic) bond motifs is 3. The van der Waals surface area contributed by atoms with Crippen molar-refractivity contribution in [1.29, 1.82) is 0 Å². The summed E-state index contributed by atoms with van der Waals surface area (Å²) >= 11 is 0. The molecular formula is C19H17FN2O3. The molecule has 6 heteroatoms. The molecule has 0 spiro atoms. The molecule has 1 heterocycles. The van der Waals surface area contributed by atoms with Crippen molar-refractivity contribution in [2.75, 3.05) is 12.4 Å². The number of hydrogen-bond donors (Lipinski definition) is 1. The Labute approximate surface area is 144 Å². The zero-order valence-electron chi connectivity index (χ0n) is 13.6. The van der Waals surface area contributed by atoms with Gasteiger partial charge in [-0.2, -0.15) is 0 Å². The van der Waals surface area contributed by atoms with Gasteiger partial charge in [0.2, 0.25) is 0 Å². The Morgan fingerprint density at radius 3 is 2.88 bits per heavy atom. The molecule has 0 amide bonds. The van der Waals surface area contributed by atoms with Crippen LogP contribution >= 0.6 is 0 Å². The van der Waals surface area contributed by atoms with Gasteiger partial charge in [-0.3, -0.25) is 10.1 Å². The number of ether oxygens (including phenoxy) is 1. The first-order valence-corrected chi connectivity index (χ1v) is 8.14. The molecule has 0 fully saturated rings. The van der Waals surface area contributed by atoms with Gasteiger partial charge in [0.25, 0.3) is 5.69 Å². The van der Waals surface area contributed by atoms with E-state index in [1.54, 1.807) is 12.1 Å². The summed E-state index contributed by atoms with van der Waals surface area (Å²) in [5, 5.41) is 14.9. The Morgan fingerprint density at radius 1 is 1.32 bits per heavy atom. The van der Waals surface area contributed by atoms with Crippen LogP contribution in [-0.4, -0.2) is 12.0 Å². The van der Waals surface area contributed by atoms with Gasteiger partial charge in [0.1, 0.15) is 11.6 Å². The lowest BCUT2D eigenvalue weighted by molar-refractivity contribution is -0.385. The minimum Gasteiger partial charge on any atom is -0.495 e. The number of nitro groups is 1. The van der Waals surface area contributed by atoms with Crippen LogP contribution in [0, 0.1) is 21.8 Å². The first-order chi connectivity index (χ1) is 12.1. The lowest BCUT2D eigenvalue weighted by Crippen LogP contribution is -2.30. The van der Waals surface area contributed by atoms with E-state index in [-0.39, 0.29) is 34.3 Å². The zero-order chi connectivity index (χ0) is 17.6. The highest BCUT2D eigenvalue weighted by Crippen LogP contribution is 2.54. The van der Waals surface area contributed by atoms with Crippen molar-refractivity contribution in [2.24, 2.45) is 5.92 Å². The summed E-state index contributed by atoms with van der Waals surface area (Å²) in [7, 11) is 1.54. The van der Waals surface area contributed by atoms with Crippen molar-refractivity contribution >= 4 is 11.4 Å². The fraction of sp³-hybridized carbons (Fsp3) is 0.263. The quantitative estimate of drug-likeness (QED) is 0.505. The molecule has 128 valence electrons. The van der Waals surface area contributed by atoms with Gasteiger partial charge in [0.15, 0.2) is 0 Å². The Kier molecular flexibility index (Phi) is 3.67. The third-order valence-corrected chi connectivity index (χ3v) is 5.08. The maximum atomic E-state index is 13.7. The second-order valence-electron chi connectivity index (χ2n) is 6.36. The highest BCUT2D eigenvalue weighted by Gasteiger charge is 2.42. The molecule has 2 aromatic rings. The van der Waals surface area contributed by atoms with Crippen molar-refractivity contribution in [3.05, 3.63) is 75.6 Å². The smallest absolute Gasteiger partial charge is 0.275 e. The van der Waals surface area contributed by atoms with E-state index in [1.165, 1.54) is 25.3 Å². The molecule has 5 nitrogen and oxygen atoms in total. The Hall–Kier alpha value is -2.89. The van der Waals surface area contributed by atoms with E-state index in [1.807, 2.05) is 18.2 Å². The van der Waals surface area contributed by atoms with Gasteiger partial charge < -0.3 is 10.1 Å². The summed E-state index contributed by atoms with van der Waals surface area (Å²) in [5.41, 5.74) is 2.19. The van der Waals surface area contributed by atoms with E-state index in [9.17, 15) is 14.5 Å². The number of nitrogens with one attached hydrogen (secondary N) is 1. The number of allylic oxidation sites excluding steroid dienone is 2. The van der Waals surface area contributed by atoms with E-state index in [4.69, 9.17) is 4.74 Å². The van der Waals surface area contributed by atoms with Crippen molar-refractivity contribution in [3.8, 4) is 5.75 Å². The number of nitro benzene ring substituents is 1. The van der Waals surface area contributed by atoms with Gasteiger partial charge in [-0.05, 0) is 36.1 Å². The summed E-state index contributed by atoms with van der Waals surface area (Å²) in [5.74, 6) is 0.263. The summed E-state index contributed by atoms with van der Waals surface area (Å²) in [4.78, 5) is 11.2. The molecular weight excluding hydrogens is 323 g/mol. The maximum Gasteiger partial charge on any atom is 0.275 e. The predicted molar refractivity (Wildman–Crippen MR) is 92.4 cm³/mol. The highest BCUT2D eigenvalue weighted by atomic mass is 19.1. The first-order valence-electron chi connectivity index (χ1n) is 8.14. The van der Waals surface area contributed by atoms with Gasteiger partial charge in [0, 0.05) is 12.0 Å². The van der Waals surface area contributed by atoms with E-state index < -0.39 is 0 Å². The number of rotatable bonds is 3. The van der Waals surface area contributed by atoms with Crippen molar-refractivity contribution in [3.63, 3.8) is 0 Å². The molecule has 2 aliphatic rings. The summed E-state index contributed by atoms with van der Waals surface area (Å²) < 4.78 is 19.1. The zero-order valence-corrected chi connectivity index (χ0v) is 13.6. The number of methoxy groups -OCH3 is 1. The Bertz CT molecular complexity index is 881. The van der Waals surface area contributed by atoms with Crippen LogP contribution in [0.2, 0.25) is 0 Å². The van der Waals surface area contributed by atoms with Gasteiger partial charge in [0.05, 0.1) is 29.3 Å².